The van der Waals surface area contributed by atoms with Crippen molar-refractivity contribution in [1.82, 2.24) is 9.78 Å². The number of nitrogens with one attached hydrogen (secondary N) is 2. The van der Waals surface area contributed by atoms with Crippen molar-refractivity contribution in [2.45, 2.75) is 20.1 Å². The van der Waals surface area contributed by atoms with Crippen LogP contribution in [0.4, 0.5) is 11.4 Å². The van der Waals surface area contributed by atoms with E-state index < -0.39 is 5.91 Å². The molecule has 34 heavy (non-hydrogen) atoms. The van der Waals surface area contributed by atoms with Crippen LogP contribution in [0.25, 0.3) is 0 Å². The fraction of sp³-hybridized carbons (Fsp3) is 0.115. The molecule has 1 aromatic heterocycles. The van der Waals surface area contributed by atoms with E-state index in [1.54, 1.807) is 41.2 Å². The molecule has 4 aromatic rings. The van der Waals surface area contributed by atoms with E-state index in [0.717, 1.165) is 15.8 Å². The van der Waals surface area contributed by atoms with E-state index in [2.05, 4.69) is 31.7 Å². The van der Waals surface area contributed by atoms with Gasteiger partial charge in [0, 0.05) is 28.5 Å². The molecule has 2 N–H and O–H groups in total. The highest BCUT2D eigenvalue weighted by Crippen LogP contribution is 2.20. The first-order valence-electron chi connectivity index (χ1n) is 10.7. The van der Waals surface area contributed by atoms with E-state index in [1.165, 1.54) is 0 Å². The largest absolute Gasteiger partial charge is 0.489 e. The number of carbonyl (C=O) groups excluding carboxylic acids is 2. The molecular formula is C26H23BrN4O3. The number of ether oxygens (including phenoxy) is 1. The lowest BCUT2D eigenvalue weighted by Gasteiger charge is -2.09. The van der Waals surface area contributed by atoms with Gasteiger partial charge in [0.2, 0.25) is 0 Å². The lowest BCUT2D eigenvalue weighted by molar-refractivity contribution is 0.102. The Bertz CT molecular complexity index is 1290. The summed E-state index contributed by atoms with van der Waals surface area (Å²) in [6.45, 7) is 2.79. The zero-order chi connectivity index (χ0) is 23.9. The highest BCUT2D eigenvalue weighted by atomic mass is 79.9. The van der Waals surface area contributed by atoms with Crippen LogP contribution < -0.4 is 15.4 Å². The number of anilines is 2. The summed E-state index contributed by atoms with van der Waals surface area (Å²) in [7, 11) is 0. The van der Waals surface area contributed by atoms with Gasteiger partial charge in [-0.2, -0.15) is 5.10 Å². The second kappa shape index (κ2) is 10.8. The molecule has 0 aliphatic rings. The summed E-state index contributed by atoms with van der Waals surface area (Å²) in [6.07, 6.45) is 1.65. The maximum Gasteiger partial charge on any atom is 0.278 e. The van der Waals surface area contributed by atoms with Crippen LogP contribution in [0, 0.1) is 0 Å². The average molecular weight is 519 g/mol. The Hall–Kier alpha value is -3.91. The number of rotatable bonds is 8. The Morgan fingerprint density at radius 1 is 0.941 bits per heavy atom. The molecule has 0 fully saturated rings. The highest BCUT2D eigenvalue weighted by molar-refractivity contribution is 9.10. The lowest BCUT2D eigenvalue weighted by atomic mass is 10.1. The van der Waals surface area contributed by atoms with Crippen molar-refractivity contribution >= 4 is 39.1 Å². The lowest BCUT2D eigenvalue weighted by Crippen LogP contribution is -2.18. The smallest absolute Gasteiger partial charge is 0.278 e. The standard InChI is InChI=1S/C26H23BrN4O3/c1-2-31-16-23(24(30-31)26(33)28-21-9-4-3-5-10-21)29-25(32)19-8-6-7-18(15-19)17-34-22-13-11-20(27)12-14-22/h3-16H,2,17H2,1H3,(H,28,33)(H,29,32). The maximum absolute atomic E-state index is 13.0. The summed E-state index contributed by atoms with van der Waals surface area (Å²) in [5.41, 5.74) is 2.44. The van der Waals surface area contributed by atoms with Crippen LogP contribution in [0.2, 0.25) is 0 Å². The number of amides is 2. The van der Waals surface area contributed by atoms with Crippen molar-refractivity contribution in [2.24, 2.45) is 0 Å². The molecule has 0 unspecified atom stereocenters. The molecule has 0 saturated carbocycles. The molecule has 0 bridgehead atoms. The van der Waals surface area contributed by atoms with Crippen molar-refractivity contribution in [1.29, 1.82) is 0 Å². The molecule has 7 nitrogen and oxygen atoms in total. The molecule has 4 rings (SSSR count). The summed E-state index contributed by atoms with van der Waals surface area (Å²) in [6, 6.07) is 23.8. The SMILES string of the molecule is CCn1cc(NC(=O)c2cccc(COc3ccc(Br)cc3)c2)c(C(=O)Nc2ccccc2)n1. The Labute approximate surface area is 205 Å². The van der Waals surface area contributed by atoms with Crippen LogP contribution in [0.5, 0.6) is 5.75 Å². The van der Waals surface area contributed by atoms with Gasteiger partial charge in [-0.25, -0.2) is 0 Å². The van der Waals surface area contributed by atoms with Gasteiger partial charge in [0.25, 0.3) is 11.8 Å². The van der Waals surface area contributed by atoms with Gasteiger partial charge < -0.3 is 15.4 Å². The summed E-state index contributed by atoms with van der Waals surface area (Å²) < 4.78 is 8.39. The van der Waals surface area contributed by atoms with Gasteiger partial charge >= 0.3 is 0 Å². The average Bonchev–Trinajstić information content (AvgIpc) is 3.27. The second-order valence-corrected chi connectivity index (χ2v) is 8.38. The third-order valence-electron chi connectivity index (χ3n) is 4.99. The van der Waals surface area contributed by atoms with Crippen LogP contribution in [-0.4, -0.2) is 21.6 Å². The third kappa shape index (κ3) is 5.90. The predicted molar refractivity (Wildman–Crippen MR) is 135 cm³/mol. The second-order valence-electron chi connectivity index (χ2n) is 7.46. The number of aryl methyl sites for hydroxylation is 1. The topological polar surface area (TPSA) is 85.2 Å². The van der Waals surface area contributed by atoms with Gasteiger partial charge in [-0.3, -0.25) is 14.3 Å². The Kier molecular flexibility index (Phi) is 7.39. The minimum Gasteiger partial charge on any atom is -0.489 e. The first kappa shape index (κ1) is 23.3. The monoisotopic (exact) mass is 518 g/mol. The predicted octanol–water partition coefficient (Wildman–Crippen LogP) is 5.75. The highest BCUT2D eigenvalue weighted by Gasteiger charge is 2.19. The number of hydrogen-bond acceptors (Lipinski definition) is 4. The number of hydrogen-bond donors (Lipinski definition) is 2. The van der Waals surface area contributed by atoms with Crippen molar-refractivity contribution < 1.29 is 14.3 Å². The first-order valence-corrected chi connectivity index (χ1v) is 11.5. The number of aromatic nitrogens is 2. The summed E-state index contributed by atoms with van der Waals surface area (Å²) in [4.78, 5) is 25.8. The van der Waals surface area contributed by atoms with Crippen molar-refractivity contribution in [3.05, 3.63) is 106 Å². The van der Waals surface area contributed by atoms with E-state index >= 15 is 0 Å². The maximum atomic E-state index is 13.0. The van der Waals surface area contributed by atoms with Gasteiger partial charge in [-0.1, -0.05) is 46.3 Å². The number of carbonyl (C=O) groups is 2. The van der Waals surface area contributed by atoms with Crippen LogP contribution in [-0.2, 0) is 13.2 Å². The van der Waals surface area contributed by atoms with E-state index in [0.29, 0.717) is 30.1 Å². The van der Waals surface area contributed by atoms with Crippen LogP contribution in [0.1, 0.15) is 33.3 Å². The molecule has 8 heteroatoms. The first-order chi connectivity index (χ1) is 16.5. The Balaban J connectivity index is 1.47. The molecule has 0 radical (unpaired) electrons. The fourth-order valence-electron chi connectivity index (χ4n) is 3.25. The minimum absolute atomic E-state index is 0.147. The van der Waals surface area contributed by atoms with E-state index in [4.69, 9.17) is 4.74 Å². The summed E-state index contributed by atoms with van der Waals surface area (Å²) in [5.74, 6) is -0.000593. The molecule has 172 valence electrons. The zero-order valence-corrected chi connectivity index (χ0v) is 20.1. The fourth-order valence-corrected chi connectivity index (χ4v) is 3.51. The molecule has 0 aliphatic carbocycles. The van der Waals surface area contributed by atoms with Gasteiger partial charge in [-0.15, -0.1) is 0 Å². The van der Waals surface area contributed by atoms with Crippen molar-refractivity contribution in [2.75, 3.05) is 10.6 Å². The number of halogens is 1. The molecule has 1 heterocycles. The number of nitrogens with zero attached hydrogens (tertiary/aromatic N) is 2. The number of benzene rings is 3. The van der Waals surface area contributed by atoms with Crippen LogP contribution in [0.3, 0.4) is 0 Å². The molecule has 0 aliphatic heterocycles. The van der Waals surface area contributed by atoms with Crippen molar-refractivity contribution in [3.8, 4) is 5.75 Å². The quantitative estimate of drug-likeness (QED) is 0.311. The summed E-state index contributed by atoms with van der Waals surface area (Å²) in [5, 5.41) is 9.96. The van der Waals surface area contributed by atoms with E-state index in [1.807, 2.05) is 55.5 Å². The molecule has 0 atom stereocenters. The molecule has 3 aromatic carbocycles. The van der Waals surface area contributed by atoms with Crippen LogP contribution in [0.15, 0.2) is 89.5 Å². The summed E-state index contributed by atoms with van der Waals surface area (Å²) >= 11 is 3.40. The Morgan fingerprint density at radius 2 is 1.71 bits per heavy atom. The molecule has 2 amide bonds. The molecule has 0 saturated heterocycles. The zero-order valence-electron chi connectivity index (χ0n) is 18.5. The van der Waals surface area contributed by atoms with E-state index in [9.17, 15) is 9.59 Å². The Morgan fingerprint density at radius 3 is 2.44 bits per heavy atom. The van der Waals surface area contributed by atoms with Crippen molar-refractivity contribution in [3.63, 3.8) is 0 Å². The molecule has 0 spiro atoms. The normalized spacial score (nSPS) is 10.5. The van der Waals surface area contributed by atoms with Gasteiger partial charge in [0.05, 0.1) is 5.69 Å². The third-order valence-corrected chi connectivity index (χ3v) is 5.52. The minimum atomic E-state index is -0.398. The van der Waals surface area contributed by atoms with Gasteiger partial charge in [-0.05, 0) is 61.0 Å². The van der Waals surface area contributed by atoms with Gasteiger partial charge in [0.1, 0.15) is 12.4 Å². The molecular weight excluding hydrogens is 496 g/mol. The van der Waals surface area contributed by atoms with Gasteiger partial charge in [0.15, 0.2) is 5.69 Å². The van der Waals surface area contributed by atoms with Crippen LogP contribution >= 0.6 is 15.9 Å². The number of para-hydroxylation sites is 1. The van der Waals surface area contributed by atoms with E-state index in [-0.39, 0.29) is 11.6 Å².